The highest BCUT2D eigenvalue weighted by atomic mass is 32.1. The highest BCUT2D eigenvalue weighted by Gasteiger charge is 2.27. The van der Waals surface area contributed by atoms with E-state index in [2.05, 4.69) is 4.90 Å². The molecule has 0 aromatic carbocycles. The summed E-state index contributed by atoms with van der Waals surface area (Å²) >= 11 is 1.49. The highest BCUT2D eigenvalue weighted by molar-refractivity contribution is 7.12. The van der Waals surface area contributed by atoms with Gasteiger partial charge in [-0.1, -0.05) is 6.07 Å². The second-order valence-electron chi connectivity index (χ2n) is 7.51. The average Bonchev–Trinajstić information content (AvgIpc) is 3.00. The fourth-order valence-corrected chi connectivity index (χ4v) is 3.55. The van der Waals surface area contributed by atoms with Gasteiger partial charge in [-0.15, -0.1) is 11.3 Å². The molecule has 0 bridgehead atoms. The number of piperidine rings is 1. The van der Waals surface area contributed by atoms with E-state index in [-0.39, 0.29) is 11.9 Å². The number of carbonyl (C=O) groups excluding carboxylic acids is 2. The van der Waals surface area contributed by atoms with Crippen LogP contribution in [-0.4, -0.2) is 60.5 Å². The van der Waals surface area contributed by atoms with Gasteiger partial charge >= 0.3 is 6.09 Å². The largest absolute Gasteiger partial charge is 0.444 e. The number of likely N-dealkylation sites (N-methyl/N-ethyl adjacent to an activating group) is 1. The summed E-state index contributed by atoms with van der Waals surface area (Å²) < 4.78 is 5.42. The van der Waals surface area contributed by atoms with E-state index in [1.54, 1.807) is 4.90 Å². The van der Waals surface area contributed by atoms with Gasteiger partial charge in [0.15, 0.2) is 5.78 Å². The molecule has 1 fully saturated rings. The van der Waals surface area contributed by atoms with Gasteiger partial charge in [-0.25, -0.2) is 4.79 Å². The van der Waals surface area contributed by atoms with E-state index < -0.39 is 5.60 Å². The maximum absolute atomic E-state index is 12.1. The minimum Gasteiger partial charge on any atom is -0.444 e. The Morgan fingerprint density at radius 3 is 2.54 bits per heavy atom. The Balaban J connectivity index is 1.72. The van der Waals surface area contributed by atoms with Crippen LogP contribution in [0, 0.1) is 5.92 Å². The number of thiophene rings is 1. The Morgan fingerprint density at radius 1 is 1.33 bits per heavy atom. The van der Waals surface area contributed by atoms with Crippen molar-refractivity contribution in [2.45, 2.75) is 39.2 Å². The van der Waals surface area contributed by atoms with Gasteiger partial charge in [0.2, 0.25) is 0 Å². The van der Waals surface area contributed by atoms with Crippen molar-refractivity contribution in [3.05, 3.63) is 22.4 Å². The summed E-state index contributed by atoms with van der Waals surface area (Å²) in [4.78, 5) is 28.9. The number of likely N-dealkylation sites (tertiary alicyclic amines) is 1. The van der Waals surface area contributed by atoms with Crippen molar-refractivity contribution in [1.29, 1.82) is 0 Å². The summed E-state index contributed by atoms with van der Waals surface area (Å²) in [7, 11) is 1.99. The summed E-state index contributed by atoms with van der Waals surface area (Å²) in [5.74, 6) is 0.698. The van der Waals surface area contributed by atoms with Gasteiger partial charge in [-0.05, 0) is 58.0 Å². The monoisotopic (exact) mass is 352 g/mol. The molecular weight excluding hydrogens is 324 g/mol. The molecule has 1 aromatic heterocycles. The topological polar surface area (TPSA) is 49.9 Å². The van der Waals surface area contributed by atoms with Crippen LogP contribution in [0.15, 0.2) is 17.5 Å². The van der Waals surface area contributed by atoms with Crippen LogP contribution in [0.4, 0.5) is 4.79 Å². The van der Waals surface area contributed by atoms with Crippen LogP contribution >= 0.6 is 11.3 Å². The van der Waals surface area contributed by atoms with E-state index in [9.17, 15) is 9.59 Å². The summed E-state index contributed by atoms with van der Waals surface area (Å²) in [6, 6.07) is 3.78. The third-order valence-corrected chi connectivity index (χ3v) is 4.96. The molecule has 1 aromatic rings. The number of hydrogen-bond donors (Lipinski definition) is 0. The third-order valence-electron chi connectivity index (χ3n) is 4.05. The third kappa shape index (κ3) is 5.91. The number of rotatable bonds is 5. The molecule has 0 saturated carbocycles. The number of nitrogens with zero attached hydrogens (tertiary/aromatic N) is 2. The van der Waals surface area contributed by atoms with Crippen molar-refractivity contribution in [2.24, 2.45) is 5.92 Å². The fraction of sp³-hybridized carbons (Fsp3) is 0.667. The minimum atomic E-state index is -0.448. The Hall–Kier alpha value is -1.40. The zero-order valence-electron chi connectivity index (χ0n) is 15.1. The number of amides is 1. The van der Waals surface area contributed by atoms with Gasteiger partial charge in [0.05, 0.1) is 11.4 Å². The molecule has 5 nitrogen and oxygen atoms in total. The standard InChI is InChI=1S/C18H28N2O3S/c1-18(2,3)23-17(22)20-9-7-14(8-10-20)12-19(4)13-15(21)16-6-5-11-24-16/h5-6,11,14H,7-10,12-13H2,1-4H3. The maximum Gasteiger partial charge on any atom is 0.410 e. The van der Waals surface area contributed by atoms with Gasteiger partial charge in [-0.3, -0.25) is 9.69 Å². The lowest BCUT2D eigenvalue weighted by molar-refractivity contribution is 0.0174. The van der Waals surface area contributed by atoms with E-state index in [4.69, 9.17) is 4.74 Å². The average molecular weight is 353 g/mol. The first-order valence-electron chi connectivity index (χ1n) is 8.48. The van der Waals surface area contributed by atoms with Gasteiger partial charge in [-0.2, -0.15) is 0 Å². The lowest BCUT2D eigenvalue weighted by atomic mass is 9.96. The molecule has 1 aliphatic rings. The number of carbonyl (C=O) groups is 2. The van der Waals surface area contributed by atoms with E-state index in [1.807, 2.05) is 45.3 Å². The van der Waals surface area contributed by atoms with Crippen molar-refractivity contribution >= 4 is 23.2 Å². The van der Waals surface area contributed by atoms with Crippen molar-refractivity contribution in [2.75, 3.05) is 33.2 Å². The second-order valence-corrected chi connectivity index (χ2v) is 8.46. The summed E-state index contributed by atoms with van der Waals surface area (Å²) in [6.07, 6.45) is 1.69. The molecule has 1 amide bonds. The lowest BCUT2D eigenvalue weighted by Crippen LogP contribution is -2.43. The minimum absolute atomic E-state index is 0.179. The van der Waals surface area contributed by atoms with Gasteiger partial charge in [0, 0.05) is 19.6 Å². The molecular formula is C18H28N2O3S. The molecule has 0 atom stereocenters. The first-order valence-corrected chi connectivity index (χ1v) is 9.36. The molecule has 0 N–H and O–H groups in total. The second kappa shape index (κ2) is 8.12. The highest BCUT2D eigenvalue weighted by Crippen LogP contribution is 2.20. The Bertz CT molecular complexity index is 543. The molecule has 2 heterocycles. The molecule has 134 valence electrons. The molecule has 0 radical (unpaired) electrons. The molecule has 0 unspecified atom stereocenters. The maximum atomic E-state index is 12.1. The quantitative estimate of drug-likeness (QED) is 0.761. The van der Waals surface area contributed by atoms with Crippen molar-refractivity contribution in [1.82, 2.24) is 9.80 Å². The number of hydrogen-bond acceptors (Lipinski definition) is 5. The zero-order chi connectivity index (χ0) is 17.7. The Kier molecular flexibility index (Phi) is 6.40. The number of ether oxygens (including phenoxy) is 1. The van der Waals surface area contributed by atoms with Crippen LogP contribution in [-0.2, 0) is 4.74 Å². The molecule has 1 aliphatic heterocycles. The number of ketones is 1. The zero-order valence-corrected chi connectivity index (χ0v) is 15.9. The Labute approximate surface area is 148 Å². The van der Waals surface area contributed by atoms with E-state index in [1.165, 1.54) is 11.3 Å². The summed E-state index contributed by atoms with van der Waals surface area (Å²) in [6.45, 7) is 8.45. The number of Topliss-reactive ketones (excluding diaryl/α,β-unsaturated/α-hetero) is 1. The molecule has 1 saturated heterocycles. The molecule has 2 rings (SSSR count). The van der Waals surface area contributed by atoms with Crippen LogP contribution in [0.1, 0.15) is 43.3 Å². The molecule has 6 heteroatoms. The summed E-state index contributed by atoms with van der Waals surface area (Å²) in [5.41, 5.74) is -0.448. The van der Waals surface area contributed by atoms with E-state index >= 15 is 0 Å². The SMILES string of the molecule is CN(CC(=O)c1cccs1)CC1CCN(C(=O)OC(C)(C)C)CC1. The van der Waals surface area contributed by atoms with Crippen LogP contribution in [0.2, 0.25) is 0 Å². The predicted octanol–water partition coefficient (Wildman–Crippen LogP) is 3.51. The Morgan fingerprint density at radius 2 is 2.00 bits per heavy atom. The van der Waals surface area contributed by atoms with E-state index in [0.717, 1.165) is 37.4 Å². The first kappa shape index (κ1) is 18.9. The van der Waals surface area contributed by atoms with Crippen LogP contribution in [0.5, 0.6) is 0 Å². The predicted molar refractivity (Wildman–Crippen MR) is 96.7 cm³/mol. The van der Waals surface area contributed by atoms with Gasteiger partial charge in [0.1, 0.15) is 5.60 Å². The van der Waals surface area contributed by atoms with Crippen LogP contribution in [0.3, 0.4) is 0 Å². The van der Waals surface area contributed by atoms with Crippen molar-refractivity contribution in [3.8, 4) is 0 Å². The molecule has 0 spiro atoms. The van der Waals surface area contributed by atoms with Crippen molar-refractivity contribution in [3.63, 3.8) is 0 Å². The van der Waals surface area contributed by atoms with Crippen LogP contribution in [0.25, 0.3) is 0 Å². The fourth-order valence-electron chi connectivity index (χ4n) is 2.89. The van der Waals surface area contributed by atoms with Crippen LogP contribution < -0.4 is 0 Å². The lowest BCUT2D eigenvalue weighted by Gasteiger charge is -2.34. The van der Waals surface area contributed by atoms with Gasteiger partial charge in [0.25, 0.3) is 0 Å². The first-order chi connectivity index (χ1) is 11.2. The smallest absolute Gasteiger partial charge is 0.410 e. The van der Waals surface area contributed by atoms with Gasteiger partial charge < -0.3 is 9.64 Å². The molecule has 0 aliphatic carbocycles. The molecule has 24 heavy (non-hydrogen) atoms. The normalized spacial score (nSPS) is 16.5. The van der Waals surface area contributed by atoms with E-state index in [0.29, 0.717) is 12.5 Å². The summed E-state index contributed by atoms with van der Waals surface area (Å²) in [5, 5.41) is 1.93. The van der Waals surface area contributed by atoms with Crippen molar-refractivity contribution < 1.29 is 14.3 Å².